The Kier molecular flexibility index (Phi) is 6.86. The fraction of sp³-hybridized carbons (Fsp3) is 0.367. The number of phenols is 2. The van der Waals surface area contributed by atoms with Crippen molar-refractivity contribution in [3.05, 3.63) is 69.1 Å². The highest BCUT2D eigenvalue weighted by Crippen LogP contribution is 2.57. The number of hydrogen-bond donors (Lipinski definition) is 3. The van der Waals surface area contributed by atoms with Gasteiger partial charge in [-0.25, -0.2) is 0 Å². The van der Waals surface area contributed by atoms with Gasteiger partial charge < -0.3 is 25.0 Å². The molecule has 1 aliphatic carbocycles. The smallest absolute Gasteiger partial charge is 0.194 e. The molecule has 1 aliphatic heterocycles. The summed E-state index contributed by atoms with van der Waals surface area (Å²) >= 11 is 0. The summed E-state index contributed by atoms with van der Waals surface area (Å²) in [5.41, 5.74) is 0.919. The number of rotatable bonds is 7. The average molecular weight is 520 g/mol. The third-order valence-electron chi connectivity index (χ3n) is 7.30. The summed E-state index contributed by atoms with van der Waals surface area (Å²) in [6.45, 7) is 12.7. The number of aromatic hydroxyl groups is 2. The summed E-state index contributed by atoms with van der Waals surface area (Å²) in [5, 5.41) is 24.5. The molecule has 8 nitrogen and oxygen atoms in total. The fourth-order valence-electron chi connectivity index (χ4n) is 5.09. The molecule has 0 bridgehead atoms. The monoisotopic (exact) mass is 519 g/mol. The first kappa shape index (κ1) is 27.0. The number of Topliss-reactive ketones (excluding diaryl/α,β-unsaturated/α-hetero) is 2. The molecule has 4 rings (SSSR count). The van der Waals surface area contributed by atoms with Crippen LogP contribution in [-0.4, -0.2) is 40.7 Å². The molecule has 0 spiro atoms. The van der Waals surface area contributed by atoms with Crippen LogP contribution in [0.25, 0.3) is 0 Å². The Balaban J connectivity index is 1.63. The standard InChI is InChI=1S/C30H33NO7/c1-14(2)19-9-8-15(3)12-21(19)37-11-10-31-17(5)23-20(33)13-22-30(7,29(23)36)25-27(35)16(4)26(34)24(18(6)32)28(25)38-22/h8-9,12-14,31,34-35H,10-11H2,1-7H3/b23-17+/t30-/m0/s1. The van der Waals surface area contributed by atoms with Crippen molar-refractivity contribution in [3.63, 3.8) is 0 Å². The van der Waals surface area contributed by atoms with Crippen LogP contribution >= 0.6 is 0 Å². The molecule has 1 heterocycles. The van der Waals surface area contributed by atoms with Gasteiger partial charge in [0.15, 0.2) is 17.3 Å². The second-order valence-electron chi connectivity index (χ2n) is 10.4. The number of allylic oxidation sites excluding steroid dienone is 4. The number of hydrogen-bond acceptors (Lipinski definition) is 8. The summed E-state index contributed by atoms with van der Waals surface area (Å²) in [7, 11) is 0. The van der Waals surface area contributed by atoms with Crippen LogP contribution in [0.1, 0.15) is 73.1 Å². The van der Waals surface area contributed by atoms with Crippen LogP contribution in [-0.2, 0) is 15.0 Å². The van der Waals surface area contributed by atoms with E-state index >= 15 is 0 Å². The highest BCUT2D eigenvalue weighted by Gasteiger charge is 2.56. The number of carbonyl (C=O) groups excluding carboxylic acids is 3. The predicted octanol–water partition coefficient (Wildman–Crippen LogP) is 4.67. The van der Waals surface area contributed by atoms with Crippen LogP contribution < -0.4 is 14.8 Å². The Labute approximate surface area is 222 Å². The Morgan fingerprint density at radius 1 is 1.13 bits per heavy atom. The maximum absolute atomic E-state index is 13.9. The Hall–Kier alpha value is -4.07. The minimum atomic E-state index is -1.54. The Morgan fingerprint density at radius 3 is 2.45 bits per heavy atom. The van der Waals surface area contributed by atoms with E-state index in [1.54, 1.807) is 13.8 Å². The molecule has 0 saturated heterocycles. The Bertz CT molecular complexity index is 1450. The second-order valence-corrected chi connectivity index (χ2v) is 10.4. The van der Waals surface area contributed by atoms with Gasteiger partial charge in [-0.2, -0.15) is 0 Å². The molecular weight excluding hydrogens is 486 g/mol. The van der Waals surface area contributed by atoms with Gasteiger partial charge in [0.1, 0.15) is 46.3 Å². The molecule has 38 heavy (non-hydrogen) atoms. The second kappa shape index (κ2) is 9.67. The Morgan fingerprint density at radius 2 is 1.82 bits per heavy atom. The van der Waals surface area contributed by atoms with E-state index < -0.39 is 28.5 Å². The number of fused-ring (bicyclic) bond motifs is 3. The summed E-state index contributed by atoms with van der Waals surface area (Å²) < 4.78 is 11.8. The third-order valence-corrected chi connectivity index (χ3v) is 7.30. The van der Waals surface area contributed by atoms with Crippen molar-refractivity contribution < 1.29 is 34.1 Å². The van der Waals surface area contributed by atoms with E-state index in [0.717, 1.165) is 16.9 Å². The van der Waals surface area contributed by atoms with Crippen LogP contribution in [0.3, 0.4) is 0 Å². The van der Waals surface area contributed by atoms with Gasteiger partial charge in [-0.15, -0.1) is 0 Å². The van der Waals surface area contributed by atoms with Crippen LogP contribution in [0.15, 0.2) is 41.3 Å². The van der Waals surface area contributed by atoms with Crippen molar-refractivity contribution in [2.75, 3.05) is 13.2 Å². The topological polar surface area (TPSA) is 122 Å². The number of ether oxygens (including phenoxy) is 2. The number of aryl methyl sites for hydroxylation is 1. The lowest BCUT2D eigenvalue weighted by Crippen LogP contribution is -2.41. The van der Waals surface area contributed by atoms with Crippen molar-refractivity contribution in [1.82, 2.24) is 5.32 Å². The summed E-state index contributed by atoms with van der Waals surface area (Å²) in [5.74, 6) is -1.39. The zero-order valence-corrected chi connectivity index (χ0v) is 22.7. The van der Waals surface area contributed by atoms with Gasteiger partial charge in [0.2, 0.25) is 0 Å². The molecular formula is C30H33NO7. The van der Waals surface area contributed by atoms with Gasteiger partial charge in [-0.1, -0.05) is 26.0 Å². The van der Waals surface area contributed by atoms with E-state index in [4.69, 9.17) is 9.47 Å². The van der Waals surface area contributed by atoms with Crippen molar-refractivity contribution in [2.24, 2.45) is 0 Å². The highest BCUT2D eigenvalue weighted by molar-refractivity contribution is 6.31. The summed E-state index contributed by atoms with van der Waals surface area (Å²) in [6, 6.07) is 6.08. The van der Waals surface area contributed by atoms with Gasteiger partial charge in [-0.05, 0) is 57.7 Å². The molecule has 0 fully saturated rings. The average Bonchev–Trinajstić information content (AvgIpc) is 3.13. The molecule has 2 aromatic rings. The molecule has 0 radical (unpaired) electrons. The van der Waals surface area contributed by atoms with E-state index in [1.807, 2.05) is 19.1 Å². The number of nitrogens with one attached hydrogen (secondary N) is 1. The van der Waals surface area contributed by atoms with E-state index in [0.29, 0.717) is 24.8 Å². The molecule has 2 aliphatic rings. The van der Waals surface area contributed by atoms with E-state index in [1.165, 1.54) is 19.9 Å². The van der Waals surface area contributed by atoms with Crippen LogP contribution in [0.5, 0.6) is 23.0 Å². The maximum atomic E-state index is 13.9. The van der Waals surface area contributed by atoms with Crippen molar-refractivity contribution in [1.29, 1.82) is 0 Å². The molecule has 0 amide bonds. The van der Waals surface area contributed by atoms with Gasteiger partial charge >= 0.3 is 0 Å². The number of phenolic OH excluding ortho intramolecular Hbond substituents is 2. The van der Waals surface area contributed by atoms with Gasteiger partial charge in [0.05, 0.1) is 11.1 Å². The molecule has 1 atom stereocenters. The first-order valence-corrected chi connectivity index (χ1v) is 12.6. The lowest BCUT2D eigenvalue weighted by molar-refractivity contribution is -0.123. The normalized spacial score (nSPS) is 19.5. The molecule has 8 heteroatoms. The largest absolute Gasteiger partial charge is 0.507 e. The third kappa shape index (κ3) is 4.14. The van der Waals surface area contributed by atoms with Crippen molar-refractivity contribution in [2.45, 2.75) is 59.8 Å². The minimum Gasteiger partial charge on any atom is -0.507 e. The van der Waals surface area contributed by atoms with Crippen molar-refractivity contribution >= 4 is 17.3 Å². The zero-order chi connectivity index (χ0) is 28.1. The van der Waals surface area contributed by atoms with Crippen LogP contribution in [0, 0.1) is 13.8 Å². The van der Waals surface area contributed by atoms with E-state index in [-0.39, 0.29) is 39.5 Å². The summed E-state index contributed by atoms with van der Waals surface area (Å²) in [6.07, 6.45) is 1.20. The molecule has 3 N–H and O–H groups in total. The number of benzene rings is 2. The molecule has 0 unspecified atom stereocenters. The first-order valence-electron chi connectivity index (χ1n) is 12.6. The van der Waals surface area contributed by atoms with Crippen LogP contribution in [0.4, 0.5) is 0 Å². The van der Waals surface area contributed by atoms with Gasteiger partial charge in [0.25, 0.3) is 0 Å². The fourth-order valence-corrected chi connectivity index (χ4v) is 5.09. The van der Waals surface area contributed by atoms with Gasteiger partial charge in [-0.3, -0.25) is 14.4 Å². The lowest BCUT2D eigenvalue weighted by atomic mass is 9.70. The zero-order valence-electron chi connectivity index (χ0n) is 22.7. The summed E-state index contributed by atoms with van der Waals surface area (Å²) in [4.78, 5) is 39.2. The predicted molar refractivity (Wildman–Crippen MR) is 142 cm³/mol. The molecule has 0 saturated carbocycles. The molecule has 0 aromatic heterocycles. The molecule has 200 valence electrons. The van der Waals surface area contributed by atoms with E-state index in [9.17, 15) is 24.6 Å². The van der Waals surface area contributed by atoms with Gasteiger partial charge in [0, 0.05) is 23.9 Å². The lowest BCUT2D eigenvalue weighted by Gasteiger charge is -2.29. The first-order chi connectivity index (χ1) is 17.8. The highest BCUT2D eigenvalue weighted by atomic mass is 16.5. The number of carbonyl (C=O) groups is 3. The minimum absolute atomic E-state index is 0.00541. The quantitative estimate of drug-likeness (QED) is 0.209. The molecule has 2 aromatic carbocycles. The number of ketones is 3. The van der Waals surface area contributed by atoms with Crippen molar-refractivity contribution in [3.8, 4) is 23.0 Å². The SMILES string of the molecule is CC(=O)c1c(O)c(C)c(O)c2c1OC1=CC(=O)/C(=C(/C)NCCOc3cc(C)ccc3C(C)C)C(=O)[C@@]12C. The maximum Gasteiger partial charge on any atom is 0.194 e. The van der Waals surface area contributed by atoms with E-state index in [2.05, 4.69) is 25.2 Å². The van der Waals surface area contributed by atoms with Crippen LogP contribution in [0.2, 0.25) is 0 Å².